The van der Waals surface area contributed by atoms with Crippen molar-refractivity contribution in [2.45, 2.75) is 38.1 Å². The highest BCUT2D eigenvalue weighted by Gasteiger charge is 2.17. The van der Waals surface area contributed by atoms with Crippen LogP contribution in [-0.4, -0.2) is 37.1 Å². The zero-order valence-electron chi connectivity index (χ0n) is 17.6. The van der Waals surface area contributed by atoms with Crippen molar-refractivity contribution in [3.8, 4) is 5.75 Å². The molecule has 0 amide bonds. The highest BCUT2D eigenvalue weighted by molar-refractivity contribution is 7.86. The summed E-state index contributed by atoms with van der Waals surface area (Å²) in [4.78, 5) is 0. The Kier molecular flexibility index (Phi) is 6.34. The first-order chi connectivity index (χ1) is 14.9. The van der Waals surface area contributed by atoms with Gasteiger partial charge in [0.05, 0.1) is 11.8 Å². The fourth-order valence-electron chi connectivity index (χ4n) is 4.23. The maximum Gasteiger partial charge on any atom is 0.324 e. The Morgan fingerprint density at radius 1 is 1.16 bits per heavy atom. The Morgan fingerprint density at radius 2 is 1.97 bits per heavy atom. The third kappa shape index (κ3) is 5.48. The van der Waals surface area contributed by atoms with Gasteiger partial charge in [-0.3, -0.25) is 4.28 Å². The summed E-state index contributed by atoms with van der Waals surface area (Å²) in [5, 5.41) is 14.3. The predicted molar refractivity (Wildman–Crippen MR) is 123 cm³/mol. The Hall–Kier alpha value is -2.77. The van der Waals surface area contributed by atoms with E-state index >= 15 is 0 Å². The topological polar surface area (TPSA) is 80.6 Å². The molecule has 0 radical (unpaired) electrons. The van der Waals surface area contributed by atoms with Gasteiger partial charge in [0.15, 0.2) is 0 Å². The van der Waals surface area contributed by atoms with Crippen molar-refractivity contribution in [2.75, 3.05) is 12.8 Å². The van der Waals surface area contributed by atoms with Crippen LogP contribution in [0.2, 0.25) is 0 Å². The lowest BCUT2D eigenvalue weighted by molar-refractivity contribution is 0.295. The lowest BCUT2D eigenvalue weighted by Gasteiger charge is -2.24. The van der Waals surface area contributed by atoms with Crippen molar-refractivity contribution < 1.29 is 17.8 Å². The number of aromatic hydroxyl groups is 1. The molecule has 0 bridgehead atoms. The van der Waals surface area contributed by atoms with E-state index < -0.39 is 10.1 Å². The van der Waals surface area contributed by atoms with Crippen LogP contribution in [0, 0.1) is 0 Å². The van der Waals surface area contributed by atoms with Crippen LogP contribution in [0.1, 0.15) is 36.8 Å². The molecule has 6 nitrogen and oxygen atoms in total. The molecule has 2 aromatic carbocycles. The van der Waals surface area contributed by atoms with Crippen LogP contribution in [-0.2, 0) is 16.5 Å². The fourth-order valence-corrected chi connectivity index (χ4v) is 4.64. The van der Waals surface area contributed by atoms with Crippen LogP contribution in [0.4, 0.5) is 0 Å². The molecular formula is C24H28N2O4S. The second kappa shape index (κ2) is 9.16. The van der Waals surface area contributed by atoms with Crippen molar-refractivity contribution >= 4 is 26.6 Å². The number of benzene rings is 2. The Morgan fingerprint density at radius 3 is 2.74 bits per heavy atom. The maximum atomic E-state index is 11.6. The maximum absolute atomic E-state index is 11.6. The lowest BCUT2D eigenvalue weighted by Crippen LogP contribution is -2.32. The minimum absolute atomic E-state index is 0.150. The molecule has 0 aliphatic carbocycles. The van der Waals surface area contributed by atoms with E-state index in [2.05, 4.69) is 35.7 Å². The monoisotopic (exact) mass is 440 g/mol. The summed E-state index contributed by atoms with van der Waals surface area (Å²) in [6.07, 6.45) is 9.92. The number of phenolic OH excluding ortho intramolecular Hbond substituents is 1. The third-order valence-electron chi connectivity index (χ3n) is 5.67. The molecule has 1 unspecified atom stereocenters. The average molecular weight is 441 g/mol. The molecule has 164 valence electrons. The first-order valence-electron chi connectivity index (χ1n) is 10.6. The number of phenols is 1. The van der Waals surface area contributed by atoms with E-state index in [4.69, 9.17) is 4.28 Å². The van der Waals surface area contributed by atoms with Gasteiger partial charge in [0.2, 0.25) is 0 Å². The molecule has 2 N–H and O–H groups in total. The van der Waals surface area contributed by atoms with E-state index in [1.54, 1.807) is 18.3 Å². The SMILES string of the molecule is CS(=O)(=O)On1cc(CCCCC2CC(c3ccccc3)=CCN2)c2cc(O)ccc21. The molecule has 1 aliphatic heterocycles. The van der Waals surface area contributed by atoms with Gasteiger partial charge in [-0.25, -0.2) is 0 Å². The zero-order chi connectivity index (χ0) is 21.8. The molecule has 0 saturated carbocycles. The number of aromatic nitrogens is 1. The summed E-state index contributed by atoms with van der Waals surface area (Å²) in [6.45, 7) is 0.893. The van der Waals surface area contributed by atoms with Crippen molar-refractivity contribution in [3.63, 3.8) is 0 Å². The first-order valence-corrected chi connectivity index (χ1v) is 12.4. The predicted octanol–water partition coefficient (Wildman–Crippen LogP) is 3.89. The number of hydrogen-bond donors (Lipinski definition) is 2. The van der Waals surface area contributed by atoms with Crippen molar-refractivity contribution in [2.24, 2.45) is 0 Å². The number of unbranched alkanes of at least 4 members (excludes halogenated alkanes) is 1. The number of nitrogens with zero attached hydrogens (tertiary/aromatic N) is 1. The van der Waals surface area contributed by atoms with Gasteiger partial charge in [0.1, 0.15) is 5.75 Å². The summed E-state index contributed by atoms with van der Waals surface area (Å²) in [5.74, 6) is 0.150. The Labute approximate surface area is 183 Å². The van der Waals surface area contributed by atoms with Crippen LogP contribution in [0.25, 0.3) is 16.5 Å². The van der Waals surface area contributed by atoms with E-state index in [1.165, 1.54) is 21.9 Å². The van der Waals surface area contributed by atoms with Crippen LogP contribution in [0.3, 0.4) is 0 Å². The van der Waals surface area contributed by atoms with Gasteiger partial charge in [-0.05, 0) is 60.6 Å². The minimum Gasteiger partial charge on any atom is -0.508 e. The number of hydrogen-bond acceptors (Lipinski definition) is 5. The van der Waals surface area contributed by atoms with Crippen LogP contribution in [0.15, 0.2) is 60.8 Å². The van der Waals surface area contributed by atoms with Gasteiger partial charge < -0.3 is 10.4 Å². The summed E-state index contributed by atoms with van der Waals surface area (Å²) in [7, 11) is -3.65. The number of rotatable bonds is 8. The van der Waals surface area contributed by atoms with Crippen LogP contribution >= 0.6 is 0 Å². The lowest BCUT2D eigenvalue weighted by atomic mass is 9.92. The van der Waals surface area contributed by atoms with E-state index in [9.17, 15) is 13.5 Å². The van der Waals surface area contributed by atoms with E-state index in [1.807, 2.05) is 6.07 Å². The van der Waals surface area contributed by atoms with Crippen LogP contribution < -0.4 is 9.60 Å². The molecule has 0 saturated heterocycles. The third-order valence-corrected chi connectivity index (χ3v) is 6.10. The zero-order valence-corrected chi connectivity index (χ0v) is 18.4. The molecule has 4 rings (SSSR count). The summed E-state index contributed by atoms with van der Waals surface area (Å²) in [5.41, 5.74) is 4.30. The number of aryl methyl sites for hydroxylation is 1. The van der Waals surface area contributed by atoms with Crippen molar-refractivity contribution in [3.05, 3.63) is 71.9 Å². The second-order valence-electron chi connectivity index (χ2n) is 8.11. The van der Waals surface area contributed by atoms with Gasteiger partial charge in [-0.15, -0.1) is 0 Å². The van der Waals surface area contributed by atoms with Gasteiger partial charge >= 0.3 is 10.1 Å². The summed E-state index contributed by atoms with van der Waals surface area (Å²) >= 11 is 0. The molecule has 1 aromatic heterocycles. The smallest absolute Gasteiger partial charge is 0.324 e. The average Bonchev–Trinajstić information content (AvgIpc) is 3.07. The second-order valence-corrected chi connectivity index (χ2v) is 9.67. The van der Waals surface area contributed by atoms with E-state index in [0.717, 1.165) is 55.9 Å². The normalized spacial score (nSPS) is 16.9. The van der Waals surface area contributed by atoms with Gasteiger partial charge in [0.25, 0.3) is 0 Å². The molecule has 1 atom stereocenters. The van der Waals surface area contributed by atoms with E-state index in [0.29, 0.717) is 11.6 Å². The fraction of sp³-hybridized carbons (Fsp3) is 0.333. The summed E-state index contributed by atoms with van der Waals surface area (Å²) in [6, 6.07) is 15.8. The Bertz CT molecular complexity index is 1180. The van der Waals surface area contributed by atoms with E-state index in [-0.39, 0.29) is 5.75 Å². The Balaban J connectivity index is 1.37. The molecular weight excluding hydrogens is 412 g/mol. The number of fused-ring (bicyclic) bond motifs is 1. The van der Waals surface area contributed by atoms with Gasteiger partial charge in [-0.1, -0.05) is 42.8 Å². The molecule has 3 aromatic rings. The van der Waals surface area contributed by atoms with Crippen LogP contribution in [0.5, 0.6) is 5.75 Å². The van der Waals surface area contributed by atoms with Gasteiger partial charge in [-0.2, -0.15) is 13.1 Å². The molecule has 7 heteroatoms. The standard InChI is InChI=1S/C24H28N2O4S/c1-31(28,29)30-26-17-20(23-16-22(27)11-12-24(23)26)9-5-6-10-21-15-19(13-14-25-21)18-7-3-2-4-8-18/h2-4,7-8,11-13,16-17,21,25,27H,5-6,9-10,14-15H2,1H3. The van der Waals surface area contributed by atoms with Crippen molar-refractivity contribution in [1.29, 1.82) is 0 Å². The minimum atomic E-state index is -3.65. The molecule has 31 heavy (non-hydrogen) atoms. The molecule has 1 aliphatic rings. The number of nitrogens with one attached hydrogen (secondary N) is 1. The molecule has 0 spiro atoms. The van der Waals surface area contributed by atoms with Gasteiger partial charge in [0, 0.05) is 24.2 Å². The highest BCUT2D eigenvalue weighted by atomic mass is 32.2. The largest absolute Gasteiger partial charge is 0.508 e. The highest BCUT2D eigenvalue weighted by Crippen LogP contribution is 2.28. The quantitative estimate of drug-likeness (QED) is 0.520. The molecule has 0 fully saturated rings. The van der Waals surface area contributed by atoms with Crippen molar-refractivity contribution in [1.82, 2.24) is 10.0 Å². The summed E-state index contributed by atoms with van der Waals surface area (Å²) < 4.78 is 29.5. The molecule has 2 heterocycles. The first kappa shape index (κ1) is 21.5.